The summed E-state index contributed by atoms with van der Waals surface area (Å²) in [6, 6.07) is 53.1. The van der Waals surface area contributed by atoms with E-state index in [0.29, 0.717) is 11.8 Å². The van der Waals surface area contributed by atoms with Crippen LogP contribution in [-0.2, 0) is 0 Å². The SMILES string of the molecule is N#Cc1cc2c(c3c1C1c4ccccc4C3c3ccccc31)c1c(-c3ccccc3)cc(-c3ccccc3)c3c4c5c(ccc4n2c31)C1CC2CC(C1)CC5C2. The second kappa shape index (κ2) is 10.6. The maximum absolute atomic E-state index is 11.2. The molecule has 2 atom stereocenters. The highest BCUT2D eigenvalue weighted by molar-refractivity contribution is 6.32. The summed E-state index contributed by atoms with van der Waals surface area (Å²) in [7, 11) is 0. The van der Waals surface area contributed by atoms with Gasteiger partial charge >= 0.3 is 0 Å². The molecule has 16 rings (SSSR count). The largest absolute Gasteiger partial charge is 0.308 e. The summed E-state index contributed by atoms with van der Waals surface area (Å²) < 4.78 is 2.63. The van der Waals surface area contributed by atoms with Crippen LogP contribution in [0.2, 0.25) is 0 Å². The van der Waals surface area contributed by atoms with Crippen LogP contribution in [0, 0.1) is 23.2 Å². The van der Waals surface area contributed by atoms with Gasteiger partial charge in [-0.25, -0.2) is 0 Å². The molecule has 2 saturated carbocycles. The highest BCUT2D eigenvalue weighted by Crippen LogP contribution is 2.62. The molecule has 264 valence electrons. The molecule has 6 bridgehead atoms. The van der Waals surface area contributed by atoms with Gasteiger partial charge in [-0.2, -0.15) is 5.26 Å². The first-order chi connectivity index (χ1) is 27.7. The molecule has 0 spiro atoms. The van der Waals surface area contributed by atoms with Gasteiger partial charge < -0.3 is 4.40 Å². The minimum atomic E-state index is 0.0276. The van der Waals surface area contributed by atoms with E-state index in [1.54, 1.807) is 11.1 Å². The van der Waals surface area contributed by atoms with Crippen molar-refractivity contribution in [1.82, 2.24) is 4.40 Å². The van der Waals surface area contributed by atoms with Gasteiger partial charge in [0.25, 0.3) is 0 Å². The van der Waals surface area contributed by atoms with Crippen LogP contribution in [0.4, 0.5) is 0 Å². The number of hydrogen-bond donors (Lipinski definition) is 0. The van der Waals surface area contributed by atoms with E-state index in [4.69, 9.17) is 0 Å². The normalized spacial score (nSPS) is 23.7. The van der Waals surface area contributed by atoms with Gasteiger partial charge in [-0.3, -0.25) is 0 Å². The van der Waals surface area contributed by atoms with E-state index in [2.05, 4.69) is 144 Å². The molecule has 0 amide bonds. The number of fused-ring (bicyclic) bond motifs is 6. The van der Waals surface area contributed by atoms with Gasteiger partial charge in [0.15, 0.2) is 0 Å². The number of nitriles is 1. The number of benzene rings is 7. The zero-order chi connectivity index (χ0) is 36.4. The molecule has 7 aromatic carbocycles. The van der Waals surface area contributed by atoms with Crippen molar-refractivity contribution in [1.29, 1.82) is 5.26 Å². The van der Waals surface area contributed by atoms with E-state index in [1.807, 2.05) is 0 Å². The Morgan fingerprint density at radius 1 is 0.446 bits per heavy atom. The second-order valence-corrected chi connectivity index (χ2v) is 17.8. The zero-order valence-corrected chi connectivity index (χ0v) is 31.1. The van der Waals surface area contributed by atoms with Gasteiger partial charge in [-0.05, 0) is 141 Å². The Morgan fingerprint density at radius 3 is 1.54 bits per heavy atom. The summed E-state index contributed by atoms with van der Waals surface area (Å²) in [5, 5.41) is 16.8. The van der Waals surface area contributed by atoms with Gasteiger partial charge in [0.05, 0.1) is 28.2 Å². The van der Waals surface area contributed by atoms with E-state index < -0.39 is 0 Å². The predicted molar refractivity (Wildman–Crippen MR) is 227 cm³/mol. The van der Waals surface area contributed by atoms with Crippen LogP contribution in [0.25, 0.3) is 60.3 Å². The quantitative estimate of drug-likeness (QED) is 0.175. The molecular formula is C54H38N2. The molecule has 9 aromatic rings. The standard InChI is InChI=1S/C54H38N2/c55-28-35-26-44-52(53-46(35)47-37-15-7-9-17-39(37)48(53)40-18-10-8-16-38(40)47)50-42(32-13-5-2-6-14-32)27-41(31-11-3-1-4-12-31)49-51-43(56(44)54(49)50)20-19-36-33-22-29-21-30(23-33)25-34(24-29)45(36)51/h1-20,26-27,29-30,33-34,47-48H,21-25H2. The Kier molecular flexibility index (Phi) is 5.68. The van der Waals surface area contributed by atoms with Crippen LogP contribution in [-0.4, -0.2) is 4.40 Å². The lowest BCUT2D eigenvalue weighted by Crippen LogP contribution is -2.28. The van der Waals surface area contributed by atoms with Gasteiger partial charge in [0.1, 0.15) is 0 Å². The molecule has 2 nitrogen and oxygen atoms in total. The average molecular weight is 715 g/mol. The van der Waals surface area contributed by atoms with Crippen molar-refractivity contribution in [2.24, 2.45) is 11.8 Å². The van der Waals surface area contributed by atoms with E-state index >= 15 is 0 Å². The second-order valence-electron chi connectivity index (χ2n) is 17.8. The summed E-state index contributed by atoms with van der Waals surface area (Å²) in [5.74, 6) is 3.04. The number of rotatable bonds is 2. The fourth-order valence-electron chi connectivity index (χ4n) is 13.5. The molecule has 2 unspecified atom stereocenters. The first-order valence-electron chi connectivity index (χ1n) is 20.8. The van der Waals surface area contributed by atoms with Gasteiger partial charge in [-0.1, -0.05) is 115 Å². The number of aromatic nitrogens is 1. The van der Waals surface area contributed by atoms with Crippen LogP contribution >= 0.6 is 0 Å². The van der Waals surface area contributed by atoms with Crippen LogP contribution < -0.4 is 0 Å². The maximum atomic E-state index is 11.2. The topological polar surface area (TPSA) is 28.2 Å². The van der Waals surface area contributed by atoms with Crippen molar-refractivity contribution in [2.75, 3.05) is 0 Å². The molecule has 0 radical (unpaired) electrons. The lowest BCUT2D eigenvalue weighted by Gasteiger charge is -2.43. The molecular weight excluding hydrogens is 677 g/mol. The Bertz CT molecular complexity index is 3150. The third-order valence-electron chi connectivity index (χ3n) is 15.2. The van der Waals surface area contributed by atoms with Gasteiger partial charge in [-0.15, -0.1) is 0 Å². The third kappa shape index (κ3) is 3.59. The molecule has 2 aromatic heterocycles. The molecule has 2 heterocycles. The maximum Gasteiger partial charge on any atom is 0.0995 e. The van der Waals surface area contributed by atoms with E-state index in [0.717, 1.165) is 17.4 Å². The molecule has 0 aliphatic heterocycles. The van der Waals surface area contributed by atoms with E-state index in [9.17, 15) is 5.26 Å². The average Bonchev–Trinajstić information content (AvgIpc) is 3.72. The minimum Gasteiger partial charge on any atom is -0.308 e. The molecule has 56 heavy (non-hydrogen) atoms. The fourth-order valence-corrected chi connectivity index (χ4v) is 13.5. The summed E-state index contributed by atoms with van der Waals surface area (Å²) in [6.45, 7) is 0. The Hall–Kier alpha value is -6.17. The van der Waals surface area contributed by atoms with Gasteiger partial charge in [0, 0.05) is 33.4 Å². The third-order valence-corrected chi connectivity index (χ3v) is 15.2. The summed E-state index contributed by atoms with van der Waals surface area (Å²) in [4.78, 5) is 0. The monoisotopic (exact) mass is 714 g/mol. The van der Waals surface area contributed by atoms with E-state index in [-0.39, 0.29) is 11.8 Å². The van der Waals surface area contributed by atoms with E-state index in [1.165, 1.54) is 126 Å². The molecule has 7 aliphatic rings. The highest BCUT2D eigenvalue weighted by atomic mass is 14.9. The van der Waals surface area contributed by atoms with Crippen molar-refractivity contribution in [2.45, 2.75) is 55.8 Å². The van der Waals surface area contributed by atoms with Crippen LogP contribution in [0.3, 0.4) is 0 Å². The first kappa shape index (κ1) is 30.1. The van der Waals surface area contributed by atoms with Crippen molar-refractivity contribution >= 4 is 38.1 Å². The van der Waals surface area contributed by atoms with Crippen LogP contribution in [0.1, 0.15) is 106 Å². The highest BCUT2D eigenvalue weighted by Gasteiger charge is 2.46. The van der Waals surface area contributed by atoms with Crippen molar-refractivity contribution in [3.05, 3.63) is 184 Å². The summed E-state index contributed by atoms with van der Waals surface area (Å²) in [5.41, 5.74) is 21.1. The summed E-state index contributed by atoms with van der Waals surface area (Å²) >= 11 is 0. The van der Waals surface area contributed by atoms with Crippen molar-refractivity contribution in [3.8, 4) is 28.3 Å². The smallest absolute Gasteiger partial charge is 0.0995 e. The van der Waals surface area contributed by atoms with Crippen molar-refractivity contribution < 1.29 is 0 Å². The summed E-state index contributed by atoms with van der Waals surface area (Å²) in [6.07, 6.45) is 6.78. The molecule has 2 heteroatoms. The lowest BCUT2D eigenvalue weighted by atomic mass is 9.59. The molecule has 0 saturated heterocycles. The molecule has 2 fully saturated rings. The fraction of sp³-hybridized carbons (Fsp3) is 0.204. The number of nitrogens with zero attached hydrogens (tertiary/aromatic N) is 2. The van der Waals surface area contributed by atoms with Crippen LogP contribution in [0.15, 0.2) is 133 Å². The number of hydrogen-bond acceptors (Lipinski definition) is 1. The Balaban J connectivity index is 1.23. The zero-order valence-electron chi connectivity index (χ0n) is 31.1. The molecule has 7 aliphatic carbocycles. The Labute approximate surface area is 326 Å². The van der Waals surface area contributed by atoms with Crippen molar-refractivity contribution in [3.63, 3.8) is 0 Å². The predicted octanol–water partition coefficient (Wildman–Crippen LogP) is 13.4. The Morgan fingerprint density at radius 2 is 0.964 bits per heavy atom. The first-order valence-corrected chi connectivity index (χ1v) is 20.8. The van der Waals surface area contributed by atoms with Gasteiger partial charge in [0.2, 0.25) is 0 Å². The van der Waals surface area contributed by atoms with Crippen LogP contribution in [0.5, 0.6) is 0 Å². The molecule has 0 N–H and O–H groups in total. The lowest BCUT2D eigenvalue weighted by molar-refractivity contribution is 0.166. The minimum absolute atomic E-state index is 0.0276.